The molecule has 0 amide bonds. The Hall–Kier alpha value is -2.76. The van der Waals surface area contributed by atoms with Crippen LogP contribution < -0.4 is 5.43 Å². The fraction of sp³-hybridized carbons (Fsp3) is 0.143. The second kappa shape index (κ2) is 5.08. The molecule has 0 aliphatic heterocycles. The Kier molecular flexibility index (Phi) is 3.12. The van der Waals surface area contributed by atoms with Gasteiger partial charge in [-0.3, -0.25) is 9.97 Å². The maximum atomic E-state index is 4.49. The van der Waals surface area contributed by atoms with Crippen molar-refractivity contribution in [2.45, 2.75) is 6.92 Å². The molecule has 20 heavy (non-hydrogen) atoms. The molecule has 0 saturated carbocycles. The normalized spacial score (nSPS) is 11.8. The average molecular weight is 266 g/mol. The Morgan fingerprint density at radius 3 is 2.85 bits per heavy atom. The predicted octanol–water partition coefficient (Wildman–Crippen LogP) is 2.20. The monoisotopic (exact) mass is 266 g/mol. The Labute approximate surface area is 116 Å². The number of imidazole rings is 1. The highest BCUT2D eigenvalue weighted by Crippen LogP contribution is 2.17. The number of aryl methyl sites for hydroxylation is 1. The molecule has 1 N–H and O–H groups in total. The number of anilines is 1. The van der Waals surface area contributed by atoms with E-state index in [1.54, 1.807) is 18.6 Å². The SMILES string of the molecule is C/C(=N\Nc1nc2ccccc2n1C)c1cnccn1. The zero-order valence-corrected chi connectivity index (χ0v) is 11.3. The summed E-state index contributed by atoms with van der Waals surface area (Å²) in [6.07, 6.45) is 4.95. The van der Waals surface area contributed by atoms with Gasteiger partial charge in [-0.05, 0) is 19.1 Å². The lowest BCUT2D eigenvalue weighted by atomic mass is 10.3. The number of fused-ring (bicyclic) bond motifs is 1. The number of rotatable bonds is 3. The lowest BCUT2D eigenvalue weighted by Gasteiger charge is -2.02. The number of hydrogen-bond acceptors (Lipinski definition) is 5. The molecule has 0 fully saturated rings. The fourth-order valence-electron chi connectivity index (χ4n) is 1.92. The number of para-hydroxylation sites is 2. The van der Waals surface area contributed by atoms with Crippen molar-refractivity contribution in [2.75, 3.05) is 5.43 Å². The third-order valence-corrected chi connectivity index (χ3v) is 3.04. The molecule has 0 aliphatic rings. The molecule has 2 aromatic heterocycles. The minimum absolute atomic E-state index is 0.689. The Balaban J connectivity index is 1.89. The summed E-state index contributed by atoms with van der Waals surface area (Å²) in [4.78, 5) is 12.7. The van der Waals surface area contributed by atoms with Crippen LogP contribution in [-0.4, -0.2) is 25.2 Å². The first-order valence-corrected chi connectivity index (χ1v) is 6.24. The standard InChI is InChI=1S/C14H14N6/c1-10(12-9-15-7-8-16-12)18-19-14-17-11-5-3-4-6-13(11)20(14)2/h3-9H,1-2H3,(H,17,19)/b18-10+. The van der Waals surface area contributed by atoms with Crippen LogP contribution in [0.3, 0.4) is 0 Å². The molecular weight excluding hydrogens is 252 g/mol. The topological polar surface area (TPSA) is 68.0 Å². The van der Waals surface area contributed by atoms with Gasteiger partial charge in [-0.2, -0.15) is 5.10 Å². The number of nitrogens with one attached hydrogen (secondary N) is 1. The fourth-order valence-corrected chi connectivity index (χ4v) is 1.92. The lowest BCUT2D eigenvalue weighted by molar-refractivity contribution is 0.941. The summed E-state index contributed by atoms with van der Waals surface area (Å²) < 4.78 is 1.96. The van der Waals surface area contributed by atoms with Crippen LogP contribution in [0.4, 0.5) is 5.95 Å². The summed E-state index contributed by atoms with van der Waals surface area (Å²) in [6.45, 7) is 1.87. The first kappa shape index (κ1) is 12.3. The van der Waals surface area contributed by atoms with Gasteiger partial charge in [0.15, 0.2) is 0 Å². The summed E-state index contributed by atoms with van der Waals surface area (Å²) >= 11 is 0. The number of aromatic nitrogens is 4. The van der Waals surface area contributed by atoms with Crippen LogP contribution in [0.2, 0.25) is 0 Å². The molecule has 0 atom stereocenters. The van der Waals surface area contributed by atoms with Gasteiger partial charge in [-0.25, -0.2) is 10.4 Å². The predicted molar refractivity (Wildman–Crippen MR) is 78.6 cm³/mol. The third-order valence-electron chi connectivity index (χ3n) is 3.04. The zero-order chi connectivity index (χ0) is 13.9. The highest BCUT2D eigenvalue weighted by Gasteiger charge is 2.06. The van der Waals surface area contributed by atoms with Crippen molar-refractivity contribution in [1.29, 1.82) is 0 Å². The molecule has 3 rings (SSSR count). The molecule has 6 nitrogen and oxygen atoms in total. The molecule has 6 heteroatoms. The summed E-state index contributed by atoms with van der Waals surface area (Å²) in [5, 5.41) is 4.30. The van der Waals surface area contributed by atoms with Crippen molar-refractivity contribution >= 4 is 22.7 Å². The van der Waals surface area contributed by atoms with E-state index in [2.05, 4.69) is 25.5 Å². The van der Waals surface area contributed by atoms with Crippen LogP contribution in [-0.2, 0) is 7.05 Å². The van der Waals surface area contributed by atoms with Crippen molar-refractivity contribution < 1.29 is 0 Å². The number of nitrogens with zero attached hydrogens (tertiary/aromatic N) is 5. The molecule has 0 bridgehead atoms. The third kappa shape index (κ3) is 2.23. The van der Waals surface area contributed by atoms with Crippen LogP contribution in [0.25, 0.3) is 11.0 Å². The Morgan fingerprint density at radius 1 is 1.25 bits per heavy atom. The van der Waals surface area contributed by atoms with Gasteiger partial charge in [0.2, 0.25) is 5.95 Å². The van der Waals surface area contributed by atoms with E-state index in [0.29, 0.717) is 5.95 Å². The lowest BCUT2D eigenvalue weighted by Crippen LogP contribution is -2.05. The highest BCUT2D eigenvalue weighted by atomic mass is 15.4. The van der Waals surface area contributed by atoms with E-state index >= 15 is 0 Å². The van der Waals surface area contributed by atoms with E-state index in [4.69, 9.17) is 0 Å². The smallest absolute Gasteiger partial charge is 0.224 e. The molecule has 100 valence electrons. The second-order valence-electron chi connectivity index (χ2n) is 4.38. The largest absolute Gasteiger partial charge is 0.312 e. The van der Waals surface area contributed by atoms with Crippen LogP contribution in [0.15, 0.2) is 48.0 Å². The van der Waals surface area contributed by atoms with Crippen molar-refractivity contribution in [3.8, 4) is 0 Å². The van der Waals surface area contributed by atoms with E-state index in [1.165, 1.54) is 0 Å². The maximum absolute atomic E-state index is 4.49. The van der Waals surface area contributed by atoms with E-state index in [-0.39, 0.29) is 0 Å². The van der Waals surface area contributed by atoms with Crippen molar-refractivity contribution in [3.63, 3.8) is 0 Å². The van der Waals surface area contributed by atoms with Crippen LogP contribution in [0.1, 0.15) is 12.6 Å². The van der Waals surface area contributed by atoms with Crippen molar-refractivity contribution in [1.82, 2.24) is 19.5 Å². The van der Waals surface area contributed by atoms with Gasteiger partial charge < -0.3 is 4.57 Å². The van der Waals surface area contributed by atoms with E-state index in [0.717, 1.165) is 22.4 Å². The summed E-state index contributed by atoms with van der Waals surface area (Å²) in [6, 6.07) is 7.95. The van der Waals surface area contributed by atoms with Gasteiger partial charge >= 0.3 is 0 Å². The quantitative estimate of drug-likeness (QED) is 0.583. The maximum Gasteiger partial charge on any atom is 0.224 e. The average Bonchev–Trinajstić information content (AvgIpc) is 2.83. The van der Waals surface area contributed by atoms with Gasteiger partial charge in [0.1, 0.15) is 5.69 Å². The number of benzene rings is 1. The number of hydrogen-bond donors (Lipinski definition) is 1. The van der Waals surface area contributed by atoms with Gasteiger partial charge in [0.05, 0.1) is 22.9 Å². The van der Waals surface area contributed by atoms with Gasteiger partial charge in [-0.1, -0.05) is 12.1 Å². The Morgan fingerprint density at radius 2 is 2.10 bits per heavy atom. The Bertz CT molecular complexity index is 760. The molecular formula is C14H14N6. The molecule has 3 aromatic rings. The summed E-state index contributed by atoms with van der Waals surface area (Å²) in [7, 11) is 1.95. The van der Waals surface area contributed by atoms with Crippen LogP contribution in [0.5, 0.6) is 0 Å². The minimum atomic E-state index is 0.689. The summed E-state index contributed by atoms with van der Waals surface area (Å²) in [5.41, 5.74) is 6.46. The molecule has 0 unspecified atom stereocenters. The van der Waals surface area contributed by atoms with Gasteiger partial charge in [0.25, 0.3) is 0 Å². The zero-order valence-electron chi connectivity index (χ0n) is 11.3. The molecule has 0 aliphatic carbocycles. The minimum Gasteiger partial charge on any atom is -0.312 e. The van der Waals surface area contributed by atoms with Crippen LogP contribution in [0, 0.1) is 0 Å². The van der Waals surface area contributed by atoms with E-state index in [1.807, 2.05) is 42.8 Å². The van der Waals surface area contributed by atoms with Gasteiger partial charge in [-0.15, -0.1) is 0 Å². The summed E-state index contributed by atoms with van der Waals surface area (Å²) in [5.74, 6) is 0.689. The molecule has 1 aromatic carbocycles. The van der Waals surface area contributed by atoms with Crippen LogP contribution >= 0.6 is 0 Å². The number of hydrazone groups is 1. The van der Waals surface area contributed by atoms with E-state index < -0.39 is 0 Å². The molecule has 0 spiro atoms. The highest BCUT2D eigenvalue weighted by molar-refractivity contribution is 5.97. The van der Waals surface area contributed by atoms with Gasteiger partial charge in [0, 0.05) is 19.4 Å². The second-order valence-corrected chi connectivity index (χ2v) is 4.38. The van der Waals surface area contributed by atoms with E-state index in [9.17, 15) is 0 Å². The van der Waals surface area contributed by atoms with Crippen molar-refractivity contribution in [3.05, 3.63) is 48.5 Å². The molecule has 2 heterocycles. The first-order chi connectivity index (χ1) is 9.75. The van der Waals surface area contributed by atoms with Crippen molar-refractivity contribution in [2.24, 2.45) is 12.1 Å². The molecule has 0 radical (unpaired) electrons. The first-order valence-electron chi connectivity index (χ1n) is 6.24. The molecule has 0 saturated heterocycles.